The van der Waals surface area contributed by atoms with Gasteiger partial charge in [-0.1, -0.05) is 19.9 Å². The molecule has 0 aliphatic heterocycles. The molecule has 0 amide bonds. The van der Waals surface area contributed by atoms with Gasteiger partial charge in [-0.15, -0.1) is 0 Å². The van der Waals surface area contributed by atoms with Gasteiger partial charge in [-0.25, -0.2) is 9.37 Å². The Bertz CT molecular complexity index is 942. The van der Waals surface area contributed by atoms with Crippen molar-refractivity contribution in [3.63, 3.8) is 0 Å². The summed E-state index contributed by atoms with van der Waals surface area (Å²) in [4.78, 5) is 32.2. The Balaban J connectivity index is 2.30. The van der Waals surface area contributed by atoms with Gasteiger partial charge in [0.15, 0.2) is 5.78 Å². The van der Waals surface area contributed by atoms with Gasteiger partial charge >= 0.3 is 5.51 Å². The van der Waals surface area contributed by atoms with Crippen molar-refractivity contribution in [2.24, 2.45) is 5.92 Å². The number of alkyl halides is 3. The molecule has 0 aliphatic carbocycles. The number of aromatic nitrogens is 2. The van der Waals surface area contributed by atoms with E-state index in [1.807, 2.05) is 13.8 Å². The van der Waals surface area contributed by atoms with Crippen molar-refractivity contribution in [3.05, 3.63) is 51.7 Å². The van der Waals surface area contributed by atoms with Crippen LogP contribution >= 0.6 is 11.8 Å². The zero-order chi connectivity index (χ0) is 21.9. The highest BCUT2D eigenvalue weighted by Gasteiger charge is 2.31. The van der Waals surface area contributed by atoms with Crippen LogP contribution in [0.3, 0.4) is 0 Å². The van der Waals surface area contributed by atoms with Crippen LogP contribution in [-0.2, 0) is 0 Å². The summed E-state index contributed by atoms with van der Waals surface area (Å²) in [6.07, 6.45) is -0.0633. The summed E-state index contributed by atoms with van der Waals surface area (Å²) in [5.41, 5.74) is -4.68. The van der Waals surface area contributed by atoms with E-state index < -0.39 is 45.2 Å². The van der Waals surface area contributed by atoms with Crippen molar-refractivity contribution >= 4 is 23.5 Å². The first-order valence-corrected chi connectivity index (χ1v) is 9.56. The summed E-state index contributed by atoms with van der Waals surface area (Å²) in [7, 11) is 3.32. The Morgan fingerprint density at radius 1 is 1.24 bits per heavy atom. The highest BCUT2D eigenvalue weighted by Crippen LogP contribution is 2.39. The van der Waals surface area contributed by atoms with Gasteiger partial charge < -0.3 is 4.90 Å². The van der Waals surface area contributed by atoms with E-state index in [9.17, 15) is 27.2 Å². The number of carbonyl (C=O) groups excluding carboxylic acids is 1. The van der Waals surface area contributed by atoms with Gasteiger partial charge in [0, 0.05) is 26.6 Å². The second-order valence-electron chi connectivity index (χ2n) is 7.06. The van der Waals surface area contributed by atoms with Gasteiger partial charge in [-0.2, -0.15) is 13.2 Å². The number of benzene rings is 1. The average molecular weight is 431 g/mol. The molecule has 1 aromatic carbocycles. The maximum atomic E-state index is 14.2. The normalized spacial score (nSPS) is 12.9. The van der Waals surface area contributed by atoms with Gasteiger partial charge in [0.2, 0.25) is 5.95 Å². The molecule has 5 nitrogen and oxygen atoms in total. The number of nitrogens with zero attached hydrogens (tertiary/aromatic N) is 2. The third kappa shape index (κ3) is 6.31. The second-order valence-corrected chi connectivity index (χ2v) is 8.17. The van der Waals surface area contributed by atoms with Crippen LogP contribution in [0.15, 0.2) is 34.0 Å². The third-order valence-electron chi connectivity index (χ3n) is 4.26. The Hall–Kier alpha value is -2.36. The number of H-pyrrole nitrogens is 1. The molecule has 0 saturated carbocycles. The Labute approximate surface area is 169 Å². The Morgan fingerprint density at radius 2 is 1.90 bits per heavy atom. The number of hydrogen-bond acceptors (Lipinski definition) is 5. The van der Waals surface area contributed by atoms with Crippen molar-refractivity contribution in [2.75, 3.05) is 19.0 Å². The lowest BCUT2D eigenvalue weighted by Gasteiger charge is -2.21. The highest BCUT2D eigenvalue weighted by atomic mass is 32.2. The maximum absolute atomic E-state index is 14.2. The van der Waals surface area contributed by atoms with Crippen LogP contribution in [0, 0.1) is 11.7 Å². The SMILES string of the molecule is CC(C)[C@@H](CC(=O)c1cc(=O)[nH]c(N(C)C)n1)c1ccc(SC(F)(F)F)c(F)c1. The van der Waals surface area contributed by atoms with E-state index >= 15 is 0 Å². The molecule has 10 heteroatoms. The molecular formula is C19H21F4N3O2S. The predicted octanol–water partition coefficient (Wildman–Crippen LogP) is 4.60. The fourth-order valence-electron chi connectivity index (χ4n) is 2.80. The van der Waals surface area contributed by atoms with Crippen LogP contribution in [0.25, 0.3) is 0 Å². The molecule has 0 saturated heterocycles. The lowest BCUT2D eigenvalue weighted by molar-refractivity contribution is -0.0329. The van der Waals surface area contributed by atoms with Crippen LogP contribution < -0.4 is 10.5 Å². The lowest BCUT2D eigenvalue weighted by Crippen LogP contribution is -2.22. The first kappa shape index (κ1) is 22.9. The quantitative estimate of drug-likeness (QED) is 0.394. The zero-order valence-electron chi connectivity index (χ0n) is 16.3. The molecule has 0 unspecified atom stereocenters. The number of ketones is 1. The molecule has 0 spiro atoms. The molecule has 158 valence electrons. The van der Waals surface area contributed by atoms with Crippen molar-refractivity contribution in [1.29, 1.82) is 0 Å². The number of Topliss-reactive ketones (excluding diaryl/α,β-unsaturated/α-hetero) is 1. The largest absolute Gasteiger partial charge is 0.446 e. The molecular weight excluding hydrogens is 410 g/mol. The van der Waals surface area contributed by atoms with E-state index in [0.717, 1.165) is 18.2 Å². The van der Waals surface area contributed by atoms with E-state index in [1.54, 1.807) is 19.0 Å². The van der Waals surface area contributed by atoms with Crippen molar-refractivity contribution in [1.82, 2.24) is 9.97 Å². The van der Waals surface area contributed by atoms with Crippen LogP contribution in [0.2, 0.25) is 0 Å². The van der Waals surface area contributed by atoms with Crippen LogP contribution in [0.1, 0.15) is 42.2 Å². The van der Waals surface area contributed by atoms with Gasteiger partial charge in [0.25, 0.3) is 5.56 Å². The van der Waals surface area contributed by atoms with Crippen LogP contribution in [0.4, 0.5) is 23.5 Å². The molecule has 2 rings (SSSR count). The van der Waals surface area contributed by atoms with Crippen molar-refractivity contribution < 1.29 is 22.4 Å². The molecule has 1 atom stereocenters. The fraction of sp³-hybridized carbons (Fsp3) is 0.421. The molecule has 0 aliphatic rings. The van der Waals surface area contributed by atoms with Gasteiger partial charge in [-0.05, 0) is 41.3 Å². The minimum Gasteiger partial charge on any atom is -0.348 e. The molecule has 0 bridgehead atoms. The van der Waals surface area contributed by atoms with Crippen LogP contribution in [0.5, 0.6) is 0 Å². The van der Waals surface area contributed by atoms with E-state index in [-0.39, 0.29) is 24.0 Å². The first-order valence-electron chi connectivity index (χ1n) is 8.74. The van der Waals surface area contributed by atoms with E-state index in [4.69, 9.17) is 0 Å². The lowest BCUT2D eigenvalue weighted by atomic mass is 9.84. The first-order chi connectivity index (χ1) is 13.4. The van der Waals surface area contributed by atoms with Gasteiger partial charge in [0.05, 0.1) is 4.90 Å². The Kier molecular flexibility index (Phi) is 7.10. The molecule has 2 aromatic rings. The summed E-state index contributed by atoms with van der Waals surface area (Å²) in [6, 6.07) is 4.59. The number of hydrogen-bond donors (Lipinski definition) is 1. The maximum Gasteiger partial charge on any atom is 0.446 e. The summed E-state index contributed by atoms with van der Waals surface area (Å²) in [5.74, 6) is -1.73. The minimum absolute atomic E-state index is 0.0205. The monoisotopic (exact) mass is 431 g/mol. The number of nitrogens with one attached hydrogen (secondary N) is 1. The molecule has 0 fully saturated rings. The van der Waals surface area contributed by atoms with E-state index in [2.05, 4.69) is 9.97 Å². The molecule has 1 aromatic heterocycles. The zero-order valence-corrected chi connectivity index (χ0v) is 17.1. The summed E-state index contributed by atoms with van der Waals surface area (Å²) in [6.45, 7) is 3.65. The van der Waals surface area contributed by atoms with Crippen LogP contribution in [-0.4, -0.2) is 35.4 Å². The predicted molar refractivity (Wildman–Crippen MR) is 104 cm³/mol. The van der Waals surface area contributed by atoms with E-state index in [1.165, 1.54) is 6.07 Å². The molecule has 29 heavy (non-hydrogen) atoms. The molecule has 1 N–H and O–H groups in total. The molecule has 1 heterocycles. The van der Waals surface area contributed by atoms with Gasteiger partial charge in [-0.3, -0.25) is 14.6 Å². The third-order valence-corrected chi connectivity index (χ3v) is 5.04. The average Bonchev–Trinajstić information content (AvgIpc) is 2.59. The van der Waals surface area contributed by atoms with Crippen molar-refractivity contribution in [2.45, 2.75) is 36.6 Å². The minimum atomic E-state index is -4.59. The van der Waals surface area contributed by atoms with E-state index in [0.29, 0.717) is 5.56 Å². The highest BCUT2D eigenvalue weighted by molar-refractivity contribution is 8.00. The number of thioether (sulfide) groups is 1. The number of rotatable bonds is 7. The smallest absolute Gasteiger partial charge is 0.348 e. The van der Waals surface area contributed by atoms with Gasteiger partial charge in [0.1, 0.15) is 11.5 Å². The topological polar surface area (TPSA) is 66.1 Å². The molecule has 0 radical (unpaired) electrons. The fourth-order valence-corrected chi connectivity index (χ4v) is 3.34. The standard InChI is InChI=1S/C19H21F4N3O2S/c1-10(2)12(11-5-6-16(13(20)7-11)29-19(21,22)23)8-15(27)14-9-17(28)25-18(24-14)26(3)4/h5-7,9-10,12H,8H2,1-4H3,(H,24,25,28)/t12-/m1/s1. The number of halogens is 4. The summed E-state index contributed by atoms with van der Waals surface area (Å²) in [5, 5.41) is 0. The number of carbonyl (C=O) groups is 1. The Morgan fingerprint density at radius 3 is 2.41 bits per heavy atom. The number of anilines is 1. The summed E-state index contributed by atoms with van der Waals surface area (Å²) < 4.78 is 51.7. The number of aromatic amines is 1. The summed E-state index contributed by atoms with van der Waals surface area (Å²) >= 11 is -0.522. The second kappa shape index (κ2) is 8.98. The van der Waals surface area contributed by atoms with Crippen molar-refractivity contribution in [3.8, 4) is 0 Å².